The van der Waals surface area contributed by atoms with Crippen molar-refractivity contribution in [2.45, 2.75) is 19.8 Å². The average Bonchev–Trinajstić information content (AvgIpc) is 2.76. The van der Waals surface area contributed by atoms with E-state index in [1.165, 1.54) is 6.20 Å². The molecule has 2 aromatic rings. The molecule has 0 aliphatic carbocycles. The van der Waals surface area contributed by atoms with Crippen LogP contribution in [0.4, 0.5) is 17.1 Å². The van der Waals surface area contributed by atoms with Crippen LogP contribution in [-0.4, -0.2) is 30.5 Å². The van der Waals surface area contributed by atoms with Crippen LogP contribution in [0.15, 0.2) is 59.2 Å². The highest BCUT2D eigenvalue weighted by atomic mass is 35.5. The zero-order valence-corrected chi connectivity index (χ0v) is 17.8. The summed E-state index contributed by atoms with van der Waals surface area (Å²) in [6.07, 6.45) is 2.15. The topological polar surface area (TPSA) is 112 Å². The van der Waals surface area contributed by atoms with Gasteiger partial charge in [-0.15, -0.1) is 0 Å². The summed E-state index contributed by atoms with van der Waals surface area (Å²) in [4.78, 5) is 30.7. The van der Waals surface area contributed by atoms with E-state index in [2.05, 4.69) is 16.4 Å². The van der Waals surface area contributed by atoms with Crippen molar-refractivity contribution in [3.63, 3.8) is 0 Å². The predicted octanol–water partition coefficient (Wildman–Crippen LogP) is 3.95. The monoisotopic (exact) mass is 435 g/mol. The Morgan fingerprint density at radius 1 is 1.23 bits per heavy atom. The Hall–Kier alpha value is -3.63. The summed E-state index contributed by atoms with van der Waals surface area (Å²) < 4.78 is 0. The van der Waals surface area contributed by atoms with Crippen molar-refractivity contribution in [2.24, 2.45) is 10.7 Å². The molecule has 2 aromatic carbocycles. The van der Waals surface area contributed by atoms with Gasteiger partial charge in [-0.25, -0.2) is 0 Å². The Morgan fingerprint density at radius 2 is 1.90 bits per heavy atom. The molecule has 1 aliphatic rings. The number of ketones is 1. The number of Topliss-reactive ketones (excluding diaryl/α,β-unsaturated/α-hetero) is 1. The molecule has 7 nitrogen and oxygen atoms in total. The van der Waals surface area contributed by atoms with Gasteiger partial charge in [0, 0.05) is 42.8 Å². The third kappa shape index (κ3) is 5.50. The van der Waals surface area contributed by atoms with Gasteiger partial charge in [0.2, 0.25) is 0 Å². The van der Waals surface area contributed by atoms with Gasteiger partial charge in [0.05, 0.1) is 28.2 Å². The standard InChI is InChI=1S/C23H22ClN5O2/c1-15(27-18-4-2-17(24)3-5-18)21(14-26)23(31)28-19-6-7-22(16(12-19)13-25)29-10-8-20(30)9-11-29/h2-7,12,14H,8-11,26H2,1H3,(H,28,31). The first-order valence-corrected chi connectivity index (χ1v) is 10.1. The Bertz CT molecular complexity index is 1090. The molecule has 1 heterocycles. The molecule has 1 aliphatic heterocycles. The van der Waals surface area contributed by atoms with Gasteiger partial charge in [0.1, 0.15) is 11.9 Å². The minimum Gasteiger partial charge on any atom is -0.404 e. The molecule has 0 radical (unpaired) electrons. The van der Waals surface area contributed by atoms with Crippen molar-refractivity contribution in [2.75, 3.05) is 23.3 Å². The molecule has 0 bridgehead atoms. The zero-order valence-electron chi connectivity index (χ0n) is 17.1. The van der Waals surface area contributed by atoms with Crippen LogP contribution < -0.4 is 16.0 Å². The molecule has 3 N–H and O–H groups in total. The van der Waals surface area contributed by atoms with Crippen molar-refractivity contribution in [1.82, 2.24) is 0 Å². The van der Waals surface area contributed by atoms with Crippen LogP contribution in [0.1, 0.15) is 25.3 Å². The van der Waals surface area contributed by atoms with Crippen molar-refractivity contribution >= 4 is 46.1 Å². The highest BCUT2D eigenvalue weighted by molar-refractivity contribution is 6.30. The lowest BCUT2D eigenvalue weighted by Gasteiger charge is -2.29. The molecule has 158 valence electrons. The fraction of sp³-hybridized carbons (Fsp3) is 0.217. The number of nitriles is 1. The summed E-state index contributed by atoms with van der Waals surface area (Å²) in [7, 11) is 0. The first kappa shape index (κ1) is 22.1. The number of carbonyl (C=O) groups excluding carboxylic acids is 2. The van der Waals surface area contributed by atoms with Crippen molar-refractivity contribution in [3.05, 3.63) is 64.8 Å². The van der Waals surface area contributed by atoms with Gasteiger partial charge >= 0.3 is 0 Å². The van der Waals surface area contributed by atoms with E-state index in [1.807, 2.05) is 4.90 Å². The number of anilines is 2. The molecule has 8 heteroatoms. The highest BCUT2D eigenvalue weighted by Gasteiger charge is 2.20. The fourth-order valence-electron chi connectivity index (χ4n) is 3.30. The number of rotatable bonds is 5. The third-order valence-corrected chi connectivity index (χ3v) is 5.21. The van der Waals surface area contributed by atoms with Crippen LogP contribution in [0, 0.1) is 11.3 Å². The summed E-state index contributed by atoms with van der Waals surface area (Å²) in [5, 5.41) is 12.9. The maximum atomic E-state index is 12.8. The van der Waals surface area contributed by atoms with Crippen LogP contribution in [-0.2, 0) is 9.59 Å². The minimum absolute atomic E-state index is 0.215. The Morgan fingerprint density at radius 3 is 2.52 bits per heavy atom. The average molecular weight is 436 g/mol. The van der Waals surface area contributed by atoms with Crippen molar-refractivity contribution in [1.29, 1.82) is 5.26 Å². The molecule has 0 saturated carbocycles. The first-order valence-electron chi connectivity index (χ1n) is 9.76. The number of nitrogens with two attached hydrogens (primary N) is 1. The summed E-state index contributed by atoms with van der Waals surface area (Å²) >= 11 is 5.89. The smallest absolute Gasteiger partial charge is 0.258 e. The maximum absolute atomic E-state index is 12.8. The number of amides is 1. The van der Waals surface area contributed by atoms with E-state index in [9.17, 15) is 14.9 Å². The van der Waals surface area contributed by atoms with Crippen LogP contribution in [0.3, 0.4) is 0 Å². The molecular formula is C23H22ClN5O2. The van der Waals surface area contributed by atoms with Gasteiger partial charge in [0.25, 0.3) is 5.91 Å². The quantitative estimate of drug-likeness (QED) is 0.545. The van der Waals surface area contributed by atoms with E-state index >= 15 is 0 Å². The lowest BCUT2D eigenvalue weighted by Crippen LogP contribution is -2.34. The number of piperidine rings is 1. The summed E-state index contributed by atoms with van der Waals surface area (Å²) in [6, 6.07) is 14.2. The van der Waals surface area contributed by atoms with Gasteiger partial charge in [-0.3, -0.25) is 14.6 Å². The second-order valence-electron chi connectivity index (χ2n) is 7.08. The van der Waals surface area contributed by atoms with E-state index < -0.39 is 5.91 Å². The lowest BCUT2D eigenvalue weighted by atomic mass is 10.1. The van der Waals surface area contributed by atoms with E-state index in [1.54, 1.807) is 49.4 Å². The van der Waals surface area contributed by atoms with Gasteiger partial charge in [-0.1, -0.05) is 11.6 Å². The van der Waals surface area contributed by atoms with Crippen LogP contribution in [0.25, 0.3) is 0 Å². The second-order valence-corrected chi connectivity index (χ2v) is 7.51. The molecule has 0 spiro atoms. The molecule has 0 unspecified atom stereocenters. The zero-order chi connectivity index (χ0) is 22.4. The second kappa shape index (κ2) is 9.92. The molecule has 0 aromatic heterocycles. The van der Waals surface area contributed by atoms with E-state index in [-0.39, 0.29) is 11.4 Å². The van der Waals surface area contributed by atoms with Crippen molar-refractivity contribution < 1.29 is 9.59 Å². The molecule has 31 heavy (non-hydrogen) atoms. The number of hydrogen-bond donors (Lipinski definition) is 2. The Kier molecular flexibility index (Phi) is 7.06. The van der Waals surface area contributed by atoms with Crippen LogP contribution >= 0.6 is 11.6 Å². The number of nitrogens with zero attached hydrogens (tertiary/aromatic N) is 3. The number of halogens is 1. The third-order valence-electron chi connectivity index (χ3n) is 4.96. The molecular weight excluding hydrogens is 414 g/mol. The van der Waals surface area contributed by atoms with Crippen LogP contribution in [0.5, 0.6) is 0 Å². The highest BCUT2D eigenvalue weighted by Crippen LogP contribution is 2.26. The van der Waals surface area contributed by atoms with Gasteiger partial charge in [-0.05, 0) is 49.4 Å². The largest absolute Gasteiger partial charge is 0.404 e. The number of nitrogens with one attached hydrogen (secondary N) is 1. The molecule has 1 fully saturated rings. The fourth-order valence-corrected chi connectivity index (χ4v) is 3.43. The summed E-state index contributed by atoms with van der Waals surface area (Å²) in [6.45, 7) is 2.85. The summed E-state index contributed by atoms with van der Waals surface area (Å²) in [5.41, 5.74) is 8.63. The van der Waals surface area contributed by atoms with E-state index in [0.717, 1.165) is 5.69 Å². The SMILES string of the molecule is CC(=Nc1ccc(Cl)cc1)C(=CN)C(=O)Nc1ccc(N2CCC(=O)CC2)c(C#N)c1. The number of aliphatic imine (C=N–C) groups is 1. The maximum Gasteiger partial charge on any atom is 0.258 e. The van der Waals surface area contributed by atoms with Crippen molar-refractivity contribution in [3.8, 4) is 6.07 Å². The number of benzene rings is 2. The van der Waals surface area contributed by atoms with Gasteiger partial charge in [-0.2, -0.15) is 5.26 Å². The van der Waals surface area contributed by atoms with Gasteiger partial charge < -0.3 is 16.0 Å². The first-order chi connectivity index (χ1) is 14.9. The minimum atomic E-state index is -0.432. The lowest BCUT2D eigenvalue weighted by molar-refractivity contribution is -0.119. The molecule has 1 amide bonds. The normalized spacial score (nSPS) is 14.9. The number of hydrogen-bond acceptors (Lipinski definition) is 6. The molecule has 1 saturated heterocycles. The van der Waals surface area contributed by atoms with E-state index in [4.69, 9.17) is 17.3 Å². The predicted molar refractivity (Wildman–Crippen MR) is 123 cm³/mol. The van der Waals surface area contributed by atoms with Gasteiger partial charge in [0.15, 0.2) is 0 Å². The van der Waals surface area contributed by atoms with Crippen LogP contribution in [0.2, 0.25) is 5.02 Å². The molecule has 0 atom stereocenters. The summed E-state index contributed by atoms with van der Waals surface area (Å²) in [5.74, 6) is -0.201. The Balaban J connectivity index is 1.76. The number of carbonyl (C=O) groups is 2. The molecule has 3 rings (SSSR count). The van der Waals surface area contributed by atoms with E-state index in [0.29, 0.717) is 53.6 Å². The Labute approximate surface area is 185 Å².